The highest BCUT2D eigenvalue weighted by Crippen LogP contribution is 2.34. The maximum atomic E-state index is 13.4. The van der Waals surface area contributed by atoms with Gasteiger partial charge >= 0.3 is 0 Å². The van der Waals surface area contributed by atoms with Gasteiger partial charge in [0.2, 0.25) is 0 Å². The van der Waals surface area contributed by atoms with Gasteiger partial charge in [-0.15, -0.1) is 11.3 Å². The first-order valence-corrected chi connectivity index (χ1v) is 10.9. The van der Waals surface area contributed by atoms with E-state index < -0.39 is 0 Å². The van der Waals surface area contributed by atoms with Crippen molar-refractivity contribution in [3.63, 3.8) is 0 Å². The summed E-state index contributed by atoms with van der Waals surface area (Å²) in [5.74, 6) is 0.995. The van der Waals surface area contributed by atoms with Crippen LogP contribution in [-0.4, -0.2) is 27.5 Å². The van der Waals surface area contributed by atoms with Crippen molar-refractivity contribution in [3.8, 4) is 0 Å². The van der Waals surface area contributed by atoms with Crippen LogP contribution in [0.15, 0.2) is 4.79 Å². The zero-order valence-electron chi connectivity index (χ0n) is 15.4. The van der Waals surface area contributed by atoms with E-state index in [2.05, 4.69) is 11.8 Å². The van der Waals surface area contributed by atoms with E-state index in [-0.39, 0.29) is 5.56 Å². The quantitative estimate of drug-likeness (QED) is 0.728. The highest BCUT2D eigenvalue weighted by Gasteiger charge is 2.23. The van der Waals surface area contributed by atoms with E-state index in [1.807, 2.05) is 4.57 Å². The Morgan fingerprint density at radius 1 is 1.08 bits per heavy atom. The van der Waals surface area contributed by atoms with E-state index in [1.54, 1.807) is 11.3 Å². The smallest absolute Gasteiger partial charge is 0.262 e. The second-order valence-electron chi connectivity index (χ2n) is 7.57. The third kappa shape index (κ3) is 3.41. The van der Waals surface area contributed by atoms with E-state index in [1.165, 1.54) is 49.0 Å². The third-order valence-corrected chi connectivity index (χ3v) is 6.89. The number of fused-ring (bicyclic) bond motifs is 3. The Kier molecular flexibility index (Phi) is 5.23. The Morgan fingerprint density at radius 2 is 1.88 bits per heavy atom. The summed E-state index contributed by atoms with van der Waals surface area (Å²) in [6.45, 7) is 6.15. The first-order valence-electron chi connectivity index (χ1n) is 10.0. The normalized spacial score (nSPS) is 18.1. The summed E-state index contributed by atoms with van der Waals surface area (Å²) >= 11 is 1.78. The van der Waals surface area contributed by atoms with E-state index >= 15 is 0 Å². The Morgan fingerprint density at radius 3 is 2.68 bits per heavy atom. The largest absolute Gasteiger partial charge is 0.296 e. The molecule has 1 aliphatic carbocycles. The Labute approximate surface area is 153 Å². The molecule has 0 amide bonds. The topological polar surface area (TPSA) is 38.1 Å². The number of aryl methyl sites for hydroxylation is 2. The zero-order chi connectivity index (χ0) is 17.2. The van der Waals surface area contributed by atoms with Gasteiger partial charge in [-0.25, -0.2) is 4.98 Å². The van der Waals surface area contributed by atoms with E-state index in [9.17, 15) is 4.79 Å². The van der Waals surface area contributed by atoms with Crippen LogP contribution in [-0.2, 0) is 25.9 Å². The van der Waals surface area contributed by atoms with Crippen molar-refractivity contribution in [2.75, 3.05) is 13.1 Å². The van der Waals surface area contributed by atoms with Gasteiger partial charge in [-0.3, -0.25) is 14.3 Å². The number of nitrogens with zero attached hydrogens (tertiary/aromatic N) is 3. The lowest BCUT2D eigenvalue weighted by molar-refractivity contribution is 0.313. The van der Waals surface area contributed by atoms with Gasteiger partial charge in [0, 0.05) is 11.4 Å². The number of thiophene rings is 1. The fourth-order valence-electron chi connectivity index (χ4n) is 4.29. The molecule has 1 aliphatic heterocycles. The van der Waals surface area contributed by atoms with Crippen LogP contribution >= 0.6 is 11.3 Å². The zero-order valence-corrected chi connectivity index (χ0v) is 16.2. The van der Waals surface area contributed by atoms with Crippen molar-refractivity contribution in [3.05, 3.63) is 26.6 Å². The van der Waals surface area contributed by atoms with E-state index in [0.29, 0.717) is 0 Å². The molecule has 4 rings (SSSR count). The molecular weight excluding hydrogens is 330 g/mol. The van der Waals surface area contributed by atoms with Crippen LogP contribution in [0.2, 0.25) is 0 Å². The second kappa shape index (κ2) is 7.58. The van der Waals surface area contributed by atoms with Gasteiger partial charge in [0.15, 0.2) is 0 Å². The van der Waals surface area contributed by atoms with Gasteiger partial charge < -0.3 is 0 Å². The monoisotopic (exact) mass is 359 g/mol. The minimum atomic E-state index is 0.231. The fraction of sp³-hybridized carbons (Fsp3) is 0.700. The lowest BCUT2D eigenvalue weighted by Gasteiger charge is -2.18. The Balaban J connectivity index is 1.77. The predicted octanol–water partition coefficient (Wildman–Crippen LogP) is 4.12. The van der Waals surface area contributed by atoms with Crippen LogP contribution in [0.1, 0.15) is 68.1 Å². The highest BCUT2D eigenvalue weighted by molar-refractivity contribution is 7.18. The number of likely N-dealkylation sites (tertiary alicyclic amines) is 1. The van der Waals surface area contributed by atoms with Crippen molar-refractivity contribution in [2.45, 2.75) is 77.8 Å². The van der Waals surface area contributed by atoms with Gasteiger partial charge in [-0.05, 0) is 63.6 Å². The molecular formula is C20H29N3OS. The summed E-state index contributed by atoms with van der Waals surface area (Å²) < 4.78 is 2.01. The first kappa shape index (κ1) is 17.2. The molecule has 25 heavy (non-hydrogen) atoms. The van der Waals surface area contributed by atoms with Crippen LogP contribution in [0.25, 0.3) is 10.2 Å². The van der Waals surface area contributed by atoms with Crippen LogP contribution < -0.4 is 5.56 Å². The molecule has 4 nitrogen and oxygen atoms in total. The van der Waals surface area contributed by atoms with Crippen molar-refractivity contribution in [2.24, 2.45) is 0 Å². The molecule has 0 unspecified atom stereocenters. The van der Waals surface area contributed by atoms with Crippen LogP contribution in [0.3, 0.4) is 0 Å². The number of aromatic nitrogens is 2. The van der Waals surface area contributed by atoms with Crippen molar-refractivity contribution < 1.29 is 0 Å². The first-order chi connectivity index (χ1) is 12.3. The molecule has 3 heterocycles. The summed E-state index contributed by atoms with van der Waals surface area (Å²) in [4.78, 5) is 23.3. The summed E-state index contributed by atoms with van der Waals surface area (Å²) in [5, 5.41) is 0.946. The number of rotatable bonds is 6. The molecule has 0 bridgehead atoms. The Bertz CT molecular complexity index is 801. The minimum Gasteiger partial charge on any atom is -0.296 e. The minimum absolute atomic E-state index is 0.231. The molecule has 136 valence electrons. The van der Waals surface area contributed by atoms with E-state index in [0.717, 1.165) is 61.5 Å². The summed E-state index contributed by atoms with van der Waals surface area (Å²) in [5.41, 5.74) is 1.55. The number of hydrogen-bond donors (Lipinski definition) is 0. The summed E-state index contributed by atoms with van der Waals surface area (Å²) in [6, 6.07) is 0. The van der Waals surface area contributed by atoms with Gasteiger partial charge in [0.25, 0.3) is 5.56 Å². The van der Waals surface area contributed by atoms with Gasteiger partial charge in [-0.2, -0.15) is 0 Å². The fourth-order valence-corrected chi connectivity index (χ4v) is 5.56. The van der Waals surface area contributed by atoms with Crippen LogP contribution in [0.4, 0.5) is 0 Å². The molecule has 0 atom stereocenters. The maximum Gasteiger partial charge on any atom is 0.262 e. The molecule has 0 N–H and O–H groups in total. The maximum absolute atomic E-state index is 13.4. The molecule has 1 saturated heterocycles. The van der Waals surface area contributed by atoms with Gasteiger partial charge in [-0.1, -0.05) is 19.8 Å². The third-order valence-electron chi connectivity index (χ3n) is 5.70. The Hall–Kier alpha value is -1.20. The molecule has 0 saturated carbocycles. The van der Waals surface area contributed by atoms with Crippen LogP contribution in [0, 0.1) is 0 Å². The molecule has 2 aromatic heterocycles. The lowest BCUT2D eigenvalue weighted by atomic mass is 9.97. The summed E-state index contributed by atoms with van der Waals surface area (Å²) in [6.07, 6.45) is 10.6. The number of unbranched alkanes of at least 4 members (excludes halogenated alkanes) is 2. The van der Waals surface area contributed by atoms with Crippen molar-refractivity contribution in [1.82, 2.24) is 14.5 Å². The molecule has 0 radical (unpaired) electrons. The van der Waals surface area contributed by atoms with Crippen molar-refractivity contribution >= 4 is 21.6 Å². The van der Waals surface area contributed by atoms with E-state index in [4.69, 9.17) is 4.98 Å². The number of hydrogen-bond acceptors (Lipinski definition) is 4. The predicted molar refractivity (Wildman–Crippen MR) is 105 cm³/mol. The molecule has 2 aromatic rings. The molecule has 5 heteroatoms. The second-order valence-corrected chi connectivity index (χ2v) is 8.65. The highest BCUT2D eigenvalue weighted by atomic mass is 32.1. The molecule has 0 aromatic carbocycles. The molecule has 1 fully saturated rings. The summed E-state index contributed by atoms with van der Waals surface area (Å²) in [7, 11) is 0. The molecule has 0 spiro atoms. The standard InChI is InChI=1S/C20H29N3OS/c1-2-3-6-13-23-17(14-22-11-7-8-12-22)21-19-18(20(23)24)15-9-4-5-10-16(15)25-19/h2-14H2,1H3. The van der Waals surface area contributed by atoms with Crippen molar-refractivity contribution in [1.29, 1.82) is 0 Å². The molecule has 2 aliphatic rings. The average molecular weight is 360 g/mol. The average Bonchev–Trinajstić information content (AvgIpc) is 3.24. The SMILES string of the molecule is CCCCCn1c(CN2CCCC2)nc2sc3c(c2c1=O)CCCC3. The van der Waals surface area contributed by atoms with Gasteiger partial charge in [0.05, 0.1) is 11.9 Å². The lowest BCUT2D eigenvalue weighted by Crippen LogP contribution is -2.30. The van der Waals surface area contributed by atoms with Crippen LogP contribution in [0.5, 0.6) is 0 Å². The van der Waals surface area contributed by atoms with Gasteiger partial charge in [0.1, 0.15) is 10.7 Å².